The monoisotopic (exact) mass is 280 g/mol. The van der Waals surface area contributed by atoms with Gasteiger partial charge in [0.05, 0.1) is 19.0 Å². The molecule has 0 aromatic heterocycles. The Morgan fingerprint density at radius 1 is 1.10 bits per heavy atom. The van der Waals surface area contributed by atoms with Gasteiger partial charge in [-0.25, -0.2) is 0 Å². The first-order chi connectivity index (χ1) is 10.3. The van der Waals surface area contributed by atoms with Crippen LogP contribution in [0.2, 0.25) is 0 Å². The molecule has 1 aliphatic heterocycles. The molecular weight excluding hydrogens is 260 g/mol. The van der Waals surface area contributed by atoms with Crippen LogP contribution in [0.25, 0.3) is 0 Å². The first-order valence-corrected chi connectivity index (χ1v) is 7.24. The van der Waals surface area contributed by atoms with E-state index in [1.54, 1.807) is 7.11 Å². The number of hydrogen-bond donors (Lipinski definition) is 0. The fraction of sp³-hybridized carbons (Fsp3) is 0.278. The molecule has 0 amide bonds. The average Bonchev–Trinajstić information content (AvgIpc) is 2.90. The van der Waals surface area contributed by atoms with Crippen LogP contribution in [0.4, 0.5) is 0 Å². The Balaban J connectivity index is 1.75. The first-order valence-electron chi connectivity index (χ1n) is 7.24. The van der Waals surface area contributed by atoms with Gasteiger partial charge in [-0.2, -0.15) is 0 Å². The number of aliphatic imine (C=N–C) groups is 1. The molecule has 2 aromatic rings. The lowest BCUT2D eigenvalue weighted by Crippen LogP contribution is -2.25. The van der Waals surface area contributed by atoms with Crippen molar-refractivity contribution < 1.29 is 4.74 Å². The lowest BCUT2D eigenvalue weighted by atomic mass is 10.1. The van der Waals surface area contributed by atoms with Crippen LogP contribution in [0.3, 0.4) is 0 Å². The number of para-hydroxylation sites is 1. The van der Waals surface area contributed by atoms with Gasteiger partial charge in [0, 0.05) is 18.7 Å². The van der Waals surface area contributed by atoms with Crippen LogP contribution in [0, 0.1) is 0 Å². The zero-order chi connectivity index (χ0) is 14.7. The normalized spacial score (nSPS) is 17.7. The molecule has 0 bridgehead atoms. The van der Waals surface area contributed by atoms with E-state index in [9.17, 15) is 0 Å². The Hall–Kier alpha value is -2.29. The number of rotatable bonds is 4. The van der Waals surface area contributed by atoms with Crippen molar-refractivity contribution in [3.8, 4) is 5.75 Å². The van der Waals surface area contributed by atoms with Crippen LogP contribution in [-0.4, -0.2) is 24.4 Å². The van der Waals surface area contributed by atoms with Crippen molar-refractivity contribution in [3.63, 3.8) is 0 Å². The average molecular weight is 280 g/mol. The minimum atomic E-state index is 0.237. The van der Waals surface area contributed by atoms with Crippen LogP contribution in [0.15, 0.2) is 59.6 Å². The number of benzene rings is 2. The number of methoxy groups -OCH3 is 1. The molecule has 0 radical (unpaired) electrons. The highest BCUT2D eigenvalue weighted by Gasteiger charge is 2.24. The number of ether oxygens (including phenoxy) is 1. The molecule has 1 aliphatic rings. The molecule has 0 saturated heterocycles. The van der Waals surface area contributed by atoms with E-state index in [1.165, 1.54) is 11.1 Å². The highest BCUT2D eigenvalue weighted by atomic mass is 16.5. The summed E-state index contributed by atoms with van der Waals surface area (Å²) >= 11 is 0. The van der Waals surface area contributed by atoms with Crippen LogP contribution in [-0.2, 0) is 6.54 Å². The van der Waals surface area contributed by atoms with E-state index >= 15 is 0 Å². The summed E-state index contributed by atoms with van der Waals surface area (Å²) < 4.78 is 5.44. The number of amidine groups is 1. The molecule has 1 unspecified atom stereocenters. The van der Waals surface area contributed by atoms with Crippen LogP contribution >= 0.6 is 0 Å². The summed E-state index contributed by atoms with van der Waals surface area (Å²) in [6.45, 7) is 3.84. The molecule has 21 heavy (non-hydrogen) atoms. The standard InChI is InChI=1S/C18H20N2O/c1-14-19-17(15-8-4-3-5-9-15)13-20(14)12-16-10-6-7-11-18(16)21-2/h3-11,17H,12-13H2,1-2H3. The van der Waals surface area contributed by atoms with Crippen molar-refractivity contribution >= 4 is 5.84 Å². The van der Waals surface area contributed by atoms with E-state index in [-0.39, 0.29) is 6.04 Å². The minimum absolute atomic E-state index is 0.237. The molecule has 0 fully saturated rings. The second kappa shape index (κ2) is 6.00. The molecule has 0 aliphatic carbocycles. The summed E-state index contributed by atoms with van der Waals surface area (Å²) in [5, 5.41) is 0. The second-order valence-electron chi connectivity index (χ2n) is 5.30. The highest BCUT2D eigenvalue weighted by Crippen LogP contribution is 2.27. The van der Waals surface area contributed by atoms with E-state index in [0.717, 1.165) is 24.7 Å². The Morgan fingerprint density at radius 2 is 1.81 bits per heavy atom. The van der Waals surface area contributed by atoms with Gasteiger partial charge >= 0.3 is 0 Å². The quantitative estimate of drug-likeness (QED) is 0.853. The van der Waals surface area contributed by atoms with Crippen LogP contribution < -0.4 is 4.74 Å². The third kappa shape index (κ3) is 2.92. The van der Waals surface area contributed by atoms with Crippen molar-refractivity contribution in [1.82, 2.24) is 4.90 Å². The third-order valence-corrected chi connectivity index (χ3v) is 3.93. The Morgan fingerprint density at radius 3 is 2.57 bits per heavy atom. The smallest absolute Gasteiger partial charge is 0.123 e. The van der Waals surface area contributed by atoms with E-state index < -0.39 is 0 Å². The molecule has 3 heteroatoms. The summed E-state index contributed by atoms with van der Waals surface area (Å²) in [5.74, 6) is 2.03. The van der Waals surface area contributed by atoms with Crippen LogP contribution in [0.5, 0.6) is 5.75 Å². The van der Waals surface area contributed by atoms with Crippen LogP contribution in [0.1, 0.15) is 24.1 Å². The number of hydrogen-bond acceptors (Lipinski definition) is 3. The molecule has 1 heterocycles. The predicted molar refractivity (Wildman–Crippen MR) is 85.7 cm³/mol. The number of nitrogens with zero attached hydrogens (tertiary/aromatic N) is 2. The lowest BCUT2D eigenvalue weighted by molar-refractivity contribution is 0.382. The maximum Gasteiger partial charge on any atom is 0.123 e. The van der Waals surface area contributed by atoms with Crippen molar-refractivity contribution in [2.24, 2.45) is 4.99 Å². The third-order valence-electron chi connectivity index (χ3n) is 3.93. The SMILES string of the molecule is COc1ccccc1CN1CC(c2ccccc2)N=C1C. The lowest BCUT2D eigenvalue weighted by Gasteiger charge is -2.20. The van der Waals surface area contributed by atoms with Gasteiger partial charge in [0.1, 0.15) is 5.75 Å². The van der Waals surface area contributed by atoms with Gasteiger partial charge in [-0.05, 0) is 18.6 Å². The Labute approximate surface area is 125 Å². The summed E-state index contributed by atoms with van der Waals surface area (Å²) in [6, 6.07) is 18.9. The van der Waals surface area contributed by atoms with Gasteiger partial charge < -0.3 is 9.64 Å². The molecule has 1 atom stereocenters. The van der Waals surface area contributed by atoms with E-state index in [1.807, 2.05) is 18.2 Å². The van der Waals surface area contributed by atoms with E-state index in [0.29, 0.717) is 0 Å². The molecule has 2 aromatic carbocycles. The maximum atomic E-state index is 5.44. The van der Waals surface area contributed by atoms with Gasteiger partial charge in [0.15, 0.2) is 0 Å². The predicted octanol–water partition coefficient (Wildman–Crippen LogP) is 3.67. The van der Waals surface area contributed by atoms with Gasteiger partial charge in [-0.15, -0.1) is 0 Å². The molecule has 0 saturated carbocycles. The Kier molecular flexibility index (Phi) is 3.91. The summed E-state index contributed by atoms with van der Waals surface area (Å²) in [5.41, 5.74) is 2.47. The fourth-order valence-electron chi connectivity index (χ4n) is 2.76. The maximum absolute atomic E-state index is 5.44. The van der Waals surface area contributed by atoms with Gasteiger partial charge in [-0.3, -0.25) is 4.99 Å². The first kappa shape index (κ1) is 13.7. The van der Waals surface area contributed by atoms with Gasteiger partial charge in [0.25, 0.3) is 0 Å². The second-order valence-corrected chi connectivity index (χ2v) is 5.30. The molecule has 3 nitrogen and oxygen atoms in total. The minimum Gasteiger partial charge on any atom is -0.496 e. The van der Waals surface area contributed by atoms with Crippen molar-refractivity contribution in [2.75, 3.05) is 13.7 Å². The van der Waals surface area contributed by atoms with Crippen molar-refractivity contribution in [3.05, 3.63) is 65.7 Å². The Bertz CT molecular complexity index is 637. The summed E-state index contributed by atoms with van der Waals surface area (Å²) in [4.78, 5) is 7.11. The molecule has 0 spiro atoms. The molecule has 108 valence electrons. The molecule has 3 rings (SSSR count). The fourth-order valence-corrected chi connectivity index (χ4v) is 2.76. The molecular formula is C18H20N2O. The van der Waals surface area contributed by atoms with Crippen molar-refractivity contribution in [2.45, 2.75) is 19.5 Å². The zero-order valence-electron chi connectivity index (χ0n) is 12.5. The topological polar surface area (TPSA) is 24.8 Å². The summed E-state index contributed by atoms with van der Waals surface area (Å²) in [7, 11) is 1.72. The zero-order valence-corrected chi connectivity index (χ0v) is 12.5. The van der Waals surface area contributed by atoms with E-state index in [4.69, 9.17) is 9.73 Å². The molecule has 0 N–H and O–H groups in total. The largest absolute Gasteiger partial charge is 0.496 e. The van der Waals surface area contributed by atoms with Gasteiger partial charge in [-0.1, -0.05) is 48.5 Å². The van der Waals surface area contributed by atoms with Gasteiger partial charge in [0.2, 0.25) is 0 Å². The van der Waals surface area contributed by atoms with Crippen molar-refractivity contribution in [1.29, 1.82) is 0 Å². The highest BCUT2D eigenvalue weighted by molar-refractivity contribution is 5.81. The van der Waals surface area contributed by atoms with E-state index in [2.05, 4.69) is 48.2 Å². The summed E-state index contributed by atoms with van der Waals surface area (Å²) in [6.07, 6.45) is 0.